The lowest BCUT2D eigenvalue weighted by atomic mass is 9.99. The fourth-order valence-electron chi connectivity index (χ4n) is 7.25. The van der Waals surface area contributed by atoms with Crippen molar-refractivity contribution in [3.63, 3.8) is 0 Å². The molecular weight excluding hydrogens is 617 g/mol. The van der Waals surface area contributed by atoms with Crippen LogP contribution in [0.3, 0.4) is 0 Å². The van der Waals surface area contributed by atoms with Gasteiger partial charge in [0.25, 0.3) is 0 Å². The molecule has 0 spiro atoms. The summed E-state index contributed by atoms with van der Waals surface area (Å²) < 4.78 is 4.77. The maximum Gasteiger partial charge on any atom is 0.0541 e. The molecule has 6 aromatic carbocycles. The number of hydrogen-bond donors (Lipinski definition) is 0. The van der Waals surface area contributed by atoms with Gasteiger partial charge in [-0.2, -0.15) is 0 Å². The van der Waals surface area contributed by atoms with Crippen molar-refractivity contribution in [2.75, 3.05) is 0 Å². The highest BCUT2D eigenvalue weighted by molar-refractivity contribution is 6.12. The molecule has 8 aromatic rings. The number of nitrogens with zero attached hydrogens (tertiary/aromatic N) is 2. The predicted octanol–water partition coefficient (Wildman–Crippen LogP) is 13.1. The van der Waals surface area contributed by atoms with E-state index in [1.807, 2.05) is 24.3 Å². The summed E-state index contributed by atoms with van der Waals surface area (Å²) in [7, 11) is 0. The van der Waals surface area contributed by atoms with E-state index in [-0.39, 0.29) is 0 Å². The number of allylic oxidation sites excluding steroid dienone is 9. The Morgan fingerprint density at radius 1 is 0.569 bits per heavy atom. The summed E-state index contributed by atoms with van der Waals surface area (Å²) in [6, 6.07) is 52.1. The lowest BCUT2D eigenvalue weighted by molar-refractivity contribution is 0.895. The van der Waals surface area contributed by atoms with Crippen LogP contribution in [0.15, 0.2) is 213 Å². The molecule has 51 heavy (non-hydrogen) atoms. The molecule has 0 N–H and O–H groups in total. The molecule has 2 aromatic heterocycles. The van der Waals surface area contributed by atoms with E-state index in [2.05, 4.69) is 181 Å². The zero-order valence-corrected chi connectivity index (χ0v) is 28.5. The van der Waals surface area contributed by atoms with Crippen LogP contribution in [0.4, 0.5) is 0 Å². The molecule has 0 bridgehead atoms. The molecule has 2 heteroatoms. The van der Waals surface area contributed by atoms with E-state index in [1.54, 1.807) is 6.08 Å². The summed E-state index contributed by atoms with van der Waals surface area (Å²) in [5.41, 5.74) is 12.5. The van der Waals surface area contributed by atoms with Crippen molar-refractivity contribution in [3.8, 4) is 16.8 Å². The molecule has 0 atom stereocenters. The molecule has 8 rings (SSSR count). The minimum Gasteiger partial charge on any atom is -0.337 e. The van der Waals surface area contributed by atoms with E-state index < -0.39 is 0 Å². The number of benzene rings is 6. The Bertz CT molecular complexity index is 2690. The largest absolute Gasteiger partial charge is 0.337 e. The van der Waals surface area contributed by atoms with Crippen molar-refractivity contribution < 1.29 is 0 Å². The van der Waals surface area contributed by atoms with Gasteiger partial charge in [-0.1, -0.05) is 147 Å². The first-order chi connectivity index (χ1) is 25.1. The topological polar surface area (TPSA) is 9.86 Å². The van der Waals surface area contributed by atoms with Crippen LogP contribution in [-0.2, 0) is 6.54 Å². The van der Waals surface area contributed by atoms with Crippen LogP contribution in [0, 0.1) is 0 Å². The quantitative estimate of drug-likeness (QED) is 0.130. The number of para-hydroxylation sites is 3. The molecule has 0 amide bonds. The maximum absolute atomic E-state index is 4.41. The molecular formula is C49H38N2. The van der Waals surface area contributed by atoms with Crippen LogP contribution < -0.4 is 0 Å². The van der Waals surface area contributed by atoms with E-state index in [9.17, 15) is 0 Å². The minimum atomic E-state index is 0.681. The first-order valence-electron chi connectivity index (χ1n) is 17.3. The second-order valence-electron chi connectivity index (χ2n) is 12.7. The molecule has 0 aliphatic rings. The van der Waals surface area contributed by atoms with E-state index in [0.29, 0.717) is 6.54 Å². The molecule has 0 saturated carbocycles. The Kier molecular flexibility index (Phi) is 8.49. The summed E-state index contributed by atoms with van der Waals surface area (Å²) in [5.74, 6) is 0. The van der Waals surface area contributed by atoms with Crippen LogP contribution in [0.25, 0.3) is 66.0 Å². The fourth-order valence-corrected chi connectivity index (χ4v) is 7.25. The van der Waals surface area contributed by atoms with Gasteiger partial charge < -0.3 is 9.13 Å². The predicted molar refractivity (Wildman–Crippen MR) is 220 cm³/mol. The molecule has 0 radical (unpaired) electrons. The van der Waals surface area contributed by atoms with Crippen molar-refractivity contribution in [2.45, 2.75) is 6.54 Å². The normalized spacial score (nSPS) is 12.4. The average molecular weight is 655 g/mol. The molecule has 2 nitrogen and oxygen atoms in total. The van der Waals surface area contributed by atoms with Gasteiger partial charge in [-0.25, -0.2) is 0 Å². The molecule has 2 heterocycles. The number of fused-ring (bicyclic) bond motifs is 6. The van der Waals surface area contributed by atoms with Gasteiger partial charge in [-0.15, -0.1) is 0 Å². The Balaban J connectivity index is 1.23. The van der Waals surface area contributed by atoms with Crippen molar-refractivity contribution in [2.24, 2.45) is 0 Å². The van der Waals surface area contributed by atoms with Gasteiger partial charge in [-0.3, -0.25) is 0 Å². The van der Waals surface area contributed by atoms with Gasteiger partial charge in [0.2, 0.25) is 0 Å². The smallest absolute Gasteiger partial charge is 0.0541 e. The van der Waals surface area contributed by atoms with E-state index >= 15 is 0 Å². The molecule has 0 fully saturated rings. The summed E-state index contributed by atoms with van der Waals surface area (Å²) in [6.07, 6.45) is 12.1. The van der Waals surface area contributed by atoms with Gasteiger partial charge >= 0.3 is 0 Å². The van der Waals surface area contributed by atoms with Crippen molar-refractivity contribution in [1.82, 2.24) is 9.13 Å². The second-order valence-corrected chi connectivity index (χ2v) is 12.7. The van der Waals surface area contributed by atoms with Crippen molar-refractivity contribution in [3.05, 3.63) is 218 Å². The minimum absolute atomic E-state index is 0.681. The van der Waals surface area contributed by atoms with Gasteiger partial charge in [-0.05, 0) is 88.0 Å². The third-order valence-electron chi connectivity index (χ3n) is 9.73. The summed E-state index contributed by atoms with van der Waals surface area (Å²) in [6.45, 7) is 13.1. The first-order valence-corrected chi connectivity index (χ1v) is 17.3. The SMILES string of the molecule is C=C/C=C\C(=C)C(=C/Cn1c2ccccc2c2cc(-c3ccc4c(c3)c3ccccc3n4-c3ccccc3)ccc21)/C=C(\C=C)c1ccccc1. The zero-order valence-electron chi connectivity index (χ0n) is 28.5. The van der Waals surface area contributed by atoms with Crippen LogP contribution in [0.2, 0.25) is 0 Å². The molecule has 244 valence electrons. The molecule has 0 saturated heterocycles. The highest BCUT2D eigenvalue weighted by atomic mass is 15.0. The monoisotopic (exact) mass is 654 g/mol. The van der Waals surface area contributed by atoms with Gasteiger partial charge in [0.1, 0.15) is 0 Å². The van der Waals surface area contributed by atoms with Gasteiger partial charge in [0.05, 0.1) is 11.0 Å². The maximum atomic E-state index is 4.41. The second kappa shape index (κ2) is 13.7. The highest BCUT2D eigenvalue weighted by Crippen LogP contribution is 2.37. The van der Waals surface area contributed by atoms with Crippen LogP contribution in [-0.4, -0.2) is 9.13 Å². The van der Waals surface area contributed by atoms with E-state index in [0.717, 1.165) is 22.3 Å². The third-order valence-corrected chi connectivity index (χ3v) is 9.73. The fraction of sp³-hybridized carbons (Fsp3) is 0.0204. The van der Waals surface area contributed by atoms with Crippen molar-refractivity contribution in [1.29, 1.82) is 0 Å². The zero-order chi connectivity index (χ0) is 34.7. The molecule has 0 aliphatic heterocycles. The highest BCUT2D eigenvalue weighted by Gasteiger charge is 2.15. The standard InChI is InChI=1S/C49H38N2/c1-4-6-17-35(3)38(32-36(5-2)37-18-9-7-10-19-37)30-31-50-46-24-15-13-22-42(46)44-33-39(26-28-47(44)50)40-27-29-49-45(34-40)43-23-14-16-25-48(43)51(49)41-20-11-8-12-21-41/h4-30,32-34H,1-3,31H2/b17-6-,36-32+,38-30+. The van der Waals surface area contributed by atoms with E-state index in [1.165, 1.54) is 60.4 Å². The third kappa shape index (κ3) is 5.88. The summed E-state index contributed by atoms with van der Waals surface area (Å²) in [4.78, 5) is 0. The Morgan fingerprint density at radius 3 is 1.80 bits per heavy atom. The van der Waals surface area contributed by atoms with Crippen LogP contribution in [0.5, 0.6) is 0 Å². The number of rotatable bonds is 10. The Labute approximate surface area is 299 Å². The van der Waals surface area contributed by atoms with Gasteiger partial charge in [0.15, 0.2) is 0 Å². The number of hydrogen-bond acceptors (Lipinski definition) is 0. The first kappa shape index (κ1) is 31.6. The van der Waals surface area contributed by atoms with Crippen LogP contribution >= 0.6 is 0 Å². The molecule has 0 unspecified atom stereocenters. The van der Waals surface area contributed by atoms with E-state index in [4.69, 9.17) is 0 Å². The van der Waals surface area contributed by atoms with Crippen molar-refractivity contribution >= 4 is 49.2 Å². The van der Waals surface area contributed by atoms with Crippen LogP contribution in [0.1, 0.15) is 5.56 Å². The average Bonchev–Trinajstić information content (AvgIpc) is 3.69. The lowest BCUT2D eigenvalue weighted by Crippen LogP contribution is -1.97. The Hall–Kier alpha value is -6.64. The van der Waals surface area contributed by atoms with Gasteiger partial charge in [0, 0.05) is 44.8 Å². The Morgan fingerprint density at radius 2 is 1.12 bits per heavy atom. The summed E-state index contributed by atoms with van der Waals surface area (Å²) >= 11 is 0. The lowest BCUT2D eigenvalue weighted by Gasteiger charge is -2.10. The summed E-state index contributed by atoms with van der Waals surface area (Å²) in [5, 5.41) is 4.98. The number of aromatic nitrogens is 2. The molecule has 0 aliphatic carbocycles.